The van der Waals surface area contributed by atoms with Gasteiger partial charge >= 0.3 is 0 Å². The Labute approximate surface area is 133 Å². The van der Waals surface area contributed by atoms with Crippen LogP contribution in [0.2, 0.25) is 0 Å². The van der Waals surface area contributed by atoms with Crippen molar-refractivity contribution in [2.45, 2.75) is 38.8 Å². The van der Waals surface area contributed by atoms with Crippen molar-refractivity contribution < 1.29 is 4.79 Å². The van der Waals surface area contributed by atoms with Crippen molar-refractivity contribution in [1.29, 1.82) is 0 Å². The third-order valence-corrected chi connectivity index (χ3v) is 5.07. The molecule has 22 heavy (non-hydrogen) atoms. The highest BCUT2D eigenvalue weighted by atomic mass is 16.1. The topological polar surface area (TPSA) is 44.4 Å². The second-order valence-electron chi connectivity index (χ2n) is 6.61. The summed E-state index contributed by atoms with van der Waals surface area (Å²) >= 11 is 0. The van der Waals surface area contributed by atoms with E-state index in [1.807, 2.05) is 0 Å². The Bertz CT molecular complexity index is 511. The molecule has 1 atom stereocenters. The van der Waals surface area contributed by atoms with Crippen molar-refractivity contribution in [2.75, 3.05) is 26.2 Å². The fraction of sp³-hybridized carbons (Fsp3) is 0.611. The van der Waals surface area contributed by atoms with Gasteiger partial charge in [0.15, 0.2) is 0 Å². The molecule has 2 N–H and O–H groups in total. The quantitative estimate of drug-likeness (QED) is 0.887. The largest absolute Gasteiger partial charge is 0.354 e. The molecule has 1 amide bonds. The molecule has 1 unspecified atom stereocenters. The maximum Gasteiger partial charge on any atom is 0.223 e. The van der Waals surface area contributed by atoms with Crippen LogP contribution in [0.5, 0.6) is 0 Å². The average Bonchev–Trinajstić information content (AvgIpc) is 2.59. The molecule has 0 spiro atoms. The zero-order valence-corrected chi connectivity index (χ0v) is 13.5. The Morgan fingerprint density at radius 1 is 1.32 bits per heavy atom. The van der Waals surface area contributed by atoms with Crippen molar-refractivity contribution >= 4 is 5.91 Å². The van der Waals surface area contributed by atoms with Gasteiger partial charge in [0, 0.05) is 31.6 Å². The van der Waals surface area contributed by atoms with E-state index in [9.17, 15) is 4.79 Å². The number of carbonyl (C=O) groups excluding carboxylic acids is 1. The molecular formula is C18H27N3O. The Kier molecular flexibility index (Phi) is 5.11. The lowest BCUT2D eigenvalue weighted by Gasteiger charge is -2.34. The van der Waals surface area contributed by atoms with Crippen molar-refractivity contribution in [3.05, 3.63) is 35.4 Å². The van der Waals surface area contributed by atoms with E-state index < -0.39 is 0 Å². The molecule has 0 saturated carbocycles. The minimum atomic E-state index is 0.204. The molecule has 2 heterocycles. The van der Waals surface area contributed by atoms with Crippen molar-refractivity contribution in [3.63, 3.8) is 0 Å². The zero-order chi connectivity index (χ0) is 15.4. The number of amides is 1. The summed E-state index contributed by atoms with van der Waals surface area (Å²) in [5.74, 6) is 0.446. The normalized spacial score (nSPS) is 21.1. The predicted octanol–water partition coefficient (Wildman–Crippen LogP) is 1.55. The maximum absolute atomic E-state index is 12.2. The summed E-state index contributed by atoms with van der Waals surface area (Å²) in [7, 11) is 0. The van der Waals surface area contributed by atoms with Gasteiger partial charge < -0.3 is 10.6 Å². The highest BCUT2D eigenvalue weighted by Crippen LogP contribution is 2.20. The molecule has 0 aromatic heterocycles. The Morgan fingerprint density at radius 2 is 2.05 bits per heavy atom. The molecule has 4 heteroatoms. The molecule has 0 radical (unpaired) electrons. The van der Waals surface area contributed by atoms with Crippen LogP contribution < -0.4 is 10.6 Å². The molecule has 1 aromatic carbocycles. The van der Waals surface area contributed by atoms with E-state index in [4.69, 9.17) is 0 Å². The van der Waals surface area contributed by atoms with Crippen LogP contribution in [0, 0.1) is 5.92 Å². The summed E-state index contributed by atoms with van der Waals surface area (Å²) in [6.07, 6.45) is 3.05. The third kappa shape index (κ3) is 3.68. The van der Waals surface area contributed by atoms with E-state index in [0.29, 0.717) is 6.04 Å². The van der Waals surface area contributed by atoms with Crippen LogP contribution in [0.25, 0.3) is 0 Å². The summed E-state index contributed by atoms with van der Waals surface area (Å²) in [5, 5.41) is 6.47. The Balaban J connectivity index is 1.48. The number of carbonyl (C=O) groups is 1. The highest BCUT2D eigenvalue weighted by Gasteiger charge is 2.23. The van der Waals surface area contributed by atoms with Crippen molar-refractivity contribution in [2.24, 2.45) is 5.92 Å². The molecule has 1 aromatic rings. The SMILES string of the molecule is CC(CNC(=O)C1CCNCC1)N1CCc2ccccc2C1. The summed E-state index contributed by atoms with van der Waals surface area (Å²) in [6, 6.07) is 9.08. The zero-order valence-electron chi connectivity index (χ0n) is 13.5. The van der Waals surface area contributed by atoms with E-state index >= 15 is 0 Å². The fourth-order valence-electron chi connectivity index (χ4n) is 3.50. The third-order valence-electron chi connectivity index (χ3n) is 5.07. The molecule has 1 saturated heterocycles. The lowest BCUT2D eigenvalue weighted by atomic mass is 9.97. The molecule has 4 nitrogen and oxygen atoms in total. The van der Waals surface area contributed by atoms with E-state index in [2.05, 4.69) is 46.7 Å². The van der Waals surface area contributed by atoms with Gasteiger partial charge in [-0.15, -0.1) is 0 Å². The number of rotatable bonds is 4. The summed E-state index contributed by atoms with van der Waals surface area (Å²) in [5.41, 5.74) is 2.91. The van der Waals surface area contributed by atoms with Crippen LogP contribution in [-0.4, -0.2) is 43.0 Å². The minimum Gasteiger partial charge on any atom is -0.354 e. The number of hydrogen-bond acceptors (Lipinski definition) is 3. The molecule has 1 fully saturated rings. The number of fused-ring (bicyclic) bond motifs is 1. The van der Waals surface area contributed by atoms with Gasteiger partial charge in [-0.2, -0.15) is 0 Å². The summed E-state index contributed by atoms with van der Waals surface area (Å²) in [4.78, 5) is 14.7. The van der Waals surface area contributed by atoms with Crippen LogP contribution >= 0.6 is 0 Å². The van der Waals surface area contributed by atoms with Crippen LogP contribution in [0.15, 0.2) is 24.3 Å². The Hall–Kier alpha value is -1.39. The Morgan fingerprint density at radius 3 is 2.82 bits per heavy atom. The predicted molar refractivity (Wildman–Crippen MR) is 88.6 cm³/mol. The second-order valence-corrected chi connectivity index (χ2v) is 6.61. The number of nitrogens with one attached hydrogen (secondary N) is 2. The van der Waals surface area contributed by atoms with E-state index in [1.165, 1.54) is 11.1 Å². The minimum absolute atomic E-state index is 0.204. The van der Waals surface area contributed by atoms with Crippen LogP contribution in [-0.2, 0) is 17.8 Å². The summed E-state index contributed by atoms with van der Waals surface area (Å²) < 4.78 is 0. The average molecular weight is 301 g/mol. The standard InChI is InChI=1S/C18H27N3O/c1-14(12-20-18(22)16-6-9-19-10-7-16)21-11-8-15-4-2-3-5-17(15)13-21/h2-5,14,16,19H,6-13H2,1H3,(H,20,22). The van der Waals surface area contributed by atoms with Gasteiger partial charge in [-0.25, -0.2) is 0 Å². The molecule has 120 valence electrons. The number of piperidine rings is 1. The van der Waals surface area contributed by atoms with Gasteiger partial charge in [-0.3, -0.25) is 9.69 Å². The fourth-order valence-corrected chi connectivity index (χ4v) is 3.50. The first-order chi connectivity index (χ1) is 10.7. The van der Waals surface area contributed by atoms with Gasteiger partial charge in [0.1, 0.15) is 0 Å². The van der Waals surface area contributed by atoms with E-state index in [0.717, 1.165) is 52.0 Å². The molecule has 2 aliphatic heterocycles. The van der Waals surface area contributed by atoms with Crippen molar-refractivity contribution in [1.82, 2.24) is 15.5 Å². The first kappa shape index (κ1) is 15.5. The molecular weight excluding hydrogens is 274 g/mol. The molecule has 3 rings (SSSR count). The first-order valence-electron chi connectivity index (χ1n) is 8.53. The van der Waals surface area contributed by atoms with E-state index in [-0.39, 0.29) is 11.8 Å². The second kappa shape index (κ2) is 7.25. The lowest BCUT2D eigenvalue weighted by molar-refractivity contribution is -0.126. The van der Waals surface area contributed by atoms with Gasteiger partial charge in [-0.05, 0) is 50.4 Å². The van der Waals surface area contributed by atoms with Gasteiger partial charge in [0.05, 0.1) is 0 Å². The van der Waals surface area contributed by atoms with Crippen molar-refractivity contribution in [3.8, 4) is 0 Å². The number of benzene rings is 1. The van der Waals surface area contributed by atoms with Crippen LogP contribution in [0.3, 0.4) is 0 Å². The van der Waals surface area contributed by atoms with Gasteiger partial charge in [0.2, 0.25) is 5.91 Å². The molecule has 0 bridgehead atoms. The molecule has 0 aliphatic carbocycles. The monoisotopic (exact) mass is 301 g/mol. The first-order valence-corrected chi connectivity index (χ1v) is 8.53. The number of nitrogens with zero attached hydrogens (tertiary/aromatic N) is 1. The summed E-state index contributed by atoms with van der Waals surface area (Å²) in [6.45, 7) is 7.00. The maximum atomic E-state index is 12.2. The highest BCUT2D eigenvalue weighted by molar-refractivity contribution is 5.78. The van der Waals surface area contributed by atoms with Crippen LogP contribution in [0.1, 0.15) is 30.9 Å². The smallest absolute Gasteiger partial charge is 0.223 e. The van der Waals surface area contributed by atoms with Gasteiger partial charge in [-0.1, -0.05) is 24.3 Å². The van der Waals surface area contributed by atoms with E-state index in [1.54, 1.807) is 0 Å². The van der Waals surface area contributed by atoms with Gasteiger partial charge in [0.25, 0.3) is 0 Å². The number of hydrogen-bond donors (Lipinski definition) is 2. The van der Waals surface area contributed by atoms with Crippen LogP contribution in [0.4, 0.5) is 0 Å². The lowest BCUT2D eigenvalue weighted by Crippen LogP contribution is -2.46. The molecule has 2 aliphatic rings.